The highest BCUT2D eigenvalue weighted by molar-refractivity contribution is 6.31. The first-order valence-electron chi connectivity index (χ1n) is 7.90. The number of carbonyl (C=O) groups excluding carboxylic acids is 2. The highest BCUT2D eigenvalue weighted by Crippen LogP contribution is 2.17. The van der Waals surface area contributed by atoms with Crippen molar-refractivity contribution < 1.29 is 9.59 Å². The molecule has 0 heterocycles. The Labute approximate surface area is 147 Å². The van der Waals surface area contributed by atoms with Crippen LogP contribution in [0.2, 0.25) is 5.02 Å². The predicted molar refractivity (Wildman–Crippen MR) is 97.4 cm³/mol. The SMILES string of the molecule is CC(C)NC(=O)c1ccc(NC(=O)CCc2ccccc2Cl)cc1. The summed E-state index contributed by atoms with van der Waals surface area (Å²) in [4.78, 5) is 23.9. The monoisotopic (exact) mass is 344 g/mol. The minimum atomic E-state index is -0.124. The Morgan fingerprint density at radius 2 is 1.71 bits per heavy atom. The molecule has 2 aromatic rings. The molecular formula is C19H21ClN2O2. The van der Waals surface area contributed by atoms with Crippen molar-refractivity contribution in [1.82, 2.24) is 5.32 Å². The Morgan fingerprint density at radius 3 is 2.33 bits per heavy atom. The summed E-state index contributed by atoms with van der Waals surface area (Å²) >= 11 is 6.08. The molecule has 24 heavy (non-hydrogen) atoms. The zero-order valence-electron chi connectivity index (χ0n) is 13.8. The number of amides is 2. The van der Waals surface area contributed by atoms with Gasteiger partial charge in [0.15, 0.2) is 0 Å². The lowest BCUT2D eigenvalue weighted by Gasteiger charge is -2.09. The van der Waals surface area contributed by atoms with Gasteiger partial charge < -0.3 is 10.6 Å². The molecule has 2 N–H and O–H groups in total. The largest absolute Gasteiger partial charge is 0.350 e. The number of nitrogens with one attached hydrogen (secondary N) is 2. The highest BCUT2D eigenvalue weighted by atomic mass is 35.5. The smallest absolute Gasteiger partial charge is 0.251 e. The fraction of sp³-hybridized carbons (Fsp3) is 0.263. The van der Waals surface area contributed by atoms with Gasteiger partial charge in [-0.2, -0.15) is 0 Å². The van der Waals surface area contributed by atoms with Gasteiger partial charge in [-0.1, -0.05) is 29.8 Å². The van der Waals surface area contributed by atoms with Crippen molar-refractivity contribution in [1.29, 1.82) is 0 Å². The van der Waals surface area contributed by atoms with Gasteiger partial charge in [-0.15, -0.1) is 0 Å². The normalized spacial score (nSPS) is 10.5. The van der Waals surface area contributed by atoms with Crippen LogP contribution in [0.15, 0.2) is 48.5 Å². The fourth-order valence-electron chi connectivity index (χ4n) is 2.22. The lowest BCUT2D eigenvalue weighted by Crippen LogP contribution is -2.30. The van der Waals surface area contributed by atoms with E-state index in [2.05, 4.69) is 10.6 Å². The van der Waals surface area contributed by atoms with E-state index in [1.165, 1.54) is 0 Å². The van der Waals surface area contributed by atoms with Crippen molar-refractivity contribution in [2.24, 2.45) is 0 Å². The molecular weight excluding hydrogens is 324 g/mol. The average molecular weight is 345 g/mol. The van der Waals surface area contributed by atoms with Crippen molar-refractivity contribution >= 4 is 29.1 Å². The first kappa shape index (κ1) is 18.0. The first-order chi connectivity index (χ1) is 11.5. The van der Waals surface area contributed by atoms with Gasteiger partial charge in [0.05, 0.1) is 0 Å². The number of hydrogen-bond acceptors (Lipinski definition) is 2. The number of anilines is 1. The summed E-state index contributed by atoms with van der Waals surface area (Å²) in [7, 11) is 0. The van der Waals surface area contributed by atoms with E-state index in [0.717, 1.165) is 5.56 Å². The van der Waals surface area contributed by atoms with Crippen LogP contribution in [0.1, 0.15) is 36.2 Å². The molecule has 0 aliphatic heterocycles. The number of benzene rings is 2. The maximum Gasteiger partial charge on any atom is 0.251 e. The number of rotatable bonds is 6. The number of carbonyl (C=O) groups is 2. The summed E-state index contributed by atoms with van der Waals surface area (Å²) in [5, 5.41) is 6.32. The lowest BCUT2D eigenvalue weighted by atomic mass is 10.1. The molecule has 0 radical (unpaired) electrons. The quantitative estimate of drug-likeness (QED) is 0.830. The maximum atomic E-state index is 12.0. The minimum absolute atomic E-state index is 0.0849. The molecule has 4 nitrogen and oxygen atoms in total. The molecule has 5 heteroatoms. The zero-order valence-corrected chi connectivity index (χ0v) is 14.6. The summed E-state index contributed by atoms with van der Waals surface area (Å²) in [5.74, 6) is -0.212. The second-order valence-electron chi connectivity index (χ2n) is 5.85. The van der Waals surface area contributed by atoms with E-state index in [9.17, 15) is 9.59 Å². The van der Waals surface area contributed by atoms with Crippen molar-refractivity contribution in [2.45, 2.75) is 32.7 Å². The summed E-state index contributed by atoms with van der Waals surface area (Å²) in [6.07, 6.45) is 0.930. The number of aryl methyl sites for hydroxylation is 1. The van der Waals surface area contributed by atoms with Gasteiger partial charge in [-0.25, -0.2) is 0 Å². The third-order valence-electron chi connectivity index (χ3n) is 3.43. The van der Waals surface area contributed by atoms with E-state index in [-0.39, 0.29) is 17.9 Å². The molecule has 0 aliphatic carbocycles. The third kappa shape index (κ3) is 5.39. The Hall–Kier alpha value is -2.33. The van der Waals surface area contributed by atoms with Crippen molar-refractivity contribution in [2.75, 3.05) is 5.32 Å². The molecule has 126 valence electrons. The highest BCUT2D eigenvalue weighted by Gasteiger charge is 2.08. The standard InChI is InChI=1S/C19H21ClN2O2/c1-13(2)21-19(24)15-7-10-16(11-8-15)22-18(23)12-9-14-5-3-4-6-17(14)20/h3-8,10-11,13H,9,12H2,1-2H3,(H,21,24)(H,22,23). The predicted octanol–water partition coefficient (Wildman–Crippen LogP) is 4.05. The van der Waals surface area contributed by atoms with E-state index in [4.69, 9.17) is 11.6 Å². The van der Waals surface area contributed by atoms with Gasteiger partial charge in [0, 0.05) is 28.7 Å². The van der Waals surface area contributed by atoms with E-state index >= 15 is 0 Å². The van der Waals surface area contributed by atoms with Crippen molar-refractivity contribution in [3.63, 3.8) is 0 Å². The molecule has 0 unspecified atom stereocenters. The van der Waals surface area contributed by atoms with E-state index in [1.807, 2.05) is 38.1 Å². The molecule has 0 saturated heterocycles. The minimum Gasteiger partial charge on any atom is -0.350 e. The molecule has 0 aromatic heterocycles. The van der Waals surface area contributed by atoms with Crippen LogP contribution >= 0.6 is 11.6 Å². The molecule has 0 spiro atoms. The maximum absolute atomic E-state index is 12.0. The Morgan fingerprint density at radius 1 is 1.04 bits per heavy atom. The van der Waals surface area contributed by atoms with Crippen LogP contribution in [0, 0.1) is 0 Å². The molecule has 2 rings (SSSR count). The van der Waals surface area contributed by atoms with Crippen LogP contribution in [0.3, 0.4) is 0 Å². The summed E-state index contributed by atoms with van der Waals surface area (Å²) in [6, 6.07) is 14.4. The van der Waals surface area contributed by atoms with Gasteiger partial charge in [0.1, 0.15) is 0 Å². The second kappa shape index (κ2) is 8.50. The Kier molecular flexibility index (Phi) is 6.38. The first-order valence-corrected chi connectivity index (χ1v) is 8.27. The van der Waals surface area contributed by atoms with Gasteiger partial charge in [0.25, 0.3) is 5.91 Å². The van der Waals surface area contributed by atoms with Gasteiger partial charge in [-0.05, 0) is 56.2 Å². The van der Waals surface area contributed by atoms with Crippen molar-refractivity contribution in [3.05, 3.63) is 64.7 Å². The molecule has 0 saturated carbocycles. The average Bonchev–Trinajstić information content (AvgIpc) is 2.54. The summed E-state index contributed by atoms with van der Waals surface area (Å²) in [5.41, 5.74) is 2.19. The molecule has 0 fully saturated rings. The number of halogens is 1. The van der Waals surface area contributed by atoms with Crippen LogP contribution in [0.5, 0.6) is 0 Å². The van der Waals surface area contributed by atoms with E-state index in [0.29, 0.717) is 29.1 Å². The lowest BCUT2D eigenvalue weighted by molar-refractivity contribution is -0.116. The summed E-state index contributed by atoms with van der Waals surface area (Å²) < 4.78 is 0. The third-order valence-corrected chi connectivity index (χ3v) is 3.80. The van der Waals surface area contributed by atoms with Gasteiger partial charge in [0.2, 0.25) is 5.91 Å². The van der Waals surface area contributed by atoms with E-state index in [1.54, 1.807) is 24.3 Å². The van der Waals surface area contributed by atoms with Gasteiger partial charge >= 0.3 is 0 Å². The fourth-order valence-corrected chi connectivity index (χ4v) is 2.45. The molecule has 2 aromatic carbocycles. The topological polar surface area (TPSA) is 58.2 Å². The van der Waals surface area contributed by atoms with Crippen molar-refractivity contribution in [3.8, 4) is 0 Å². The Bertz CT molecular complexity index is 712. The van der Waals surface area contributed by atoms with Crippen LogP contribution < -0.4 is 10.6 Å². The van der Waals surface area contributed by atoms with Crippen LogP contribution in [-0.4, -0.2) is 17.9 Å². The number of hydrogen-bond donors (Lipinski definition) is 2. The molecule has 0 bridgehead atoms. The summed E-state index contributed by atoms with van der Waals surface area (Å²) in [6.45, 7) is 3.82. The second-order valence-corrected chi connectivity index (χ2v) is 6.25. The zero-order chi connectivity index (χ0) is 17.5. The molecule has 0 atom stereocenters. The molecule has 2 amide bonds. The van der Waals surface area contributed by atoms with E-state index < -0.39 is 0 Å². The van der Waals surface area contributed by atoms with Gasteiger partial charge in [-0.3, -0.25) is 9.59 Å². The van der Waals surface area contributed by atoms with Crippen LogP contribution in [0.4, 0.5) is 5.69 Å². The Balaban J connectivity index is 1.88. The van der Waals surface area contributed by atoms with Crippen LogP contribution in [0.25, 0.3) is 0 Å². The van der Waals surface area contributed by atoms with Crippen LogP contribution in [-0.2, 0) is 11.2 Å². The molecule has 0 aliphatic rings.